The van der Waals surface area contributed by atoms with Gasteiger partial charge in [0.25, 0.3) is 0 Å². The lowest BCUT2D eigenvalue weighted by molar-refractivity contribution is -0.165. The maximum atomic E-state index is 12.6. The molecule has 0 aromatic rings. The van der Waals surface area contributed by atoms with Crippen LogP contribution in [0.1, 0.15) is 13.3 Å². The number of carbonyl (C=O) groups excluding carboxylic acids is 3. The lowest BCUT2D eigenvalue weighted by Crippen LogP contribution is -2.60. The second-order valence-electron chi connectivity index (χ2n) is 4.42. The Kier molecular flexibility index (Phi) is 5.02. The number of carbonyl (C=O) groups is 3. The molecule has 2 atom stereocenters. The van der Waals surface area contributed by atoms with Gasteiger partial charge in [-0.05, 0) is 6.92 Å². The average molecular weight is 414 g/mol. The van der Waals surface area contributed by atoms with Crippen LogP contribution < -0.4 is 0 Å². The van der Waals surface area contributed by atoms with Crippen molar-refractivity contribution in [3.05, 3.63) is 10.2 Å². The summed E-state index contributed by atoms with van der Waals surface area (Å²) >= 11 is 6.30. The fraction of sp³-hybridized carbons (Fsp3) is 0.583. The van der Waals surface area contributed by atoms with Crippen LogP contribution in [0.3, 0.4) is 0 Å². The molecule has 112 valence electrons. The van der Waals surface area contributed by atoms with Crippen LogP contribution in [0.25, 0.3) is 0 Å². The molecule has 0 aromatic heterocycles. The molecule has 1 aliphatic rings. The minimum absolute atomic E-state index is 0.0337. The van der Waals surface area contributed by atoms with Crippen LogP contribution in [0.2, 0.25) is 0 Å². The third-order valence-corrected chi connectivity index (χ3v) is 5.54. The Bertz CT molecular complexity index is 500. The van der Waals surface area contributed by atoms with Crippen molar-refractivity contribution in [2.75, 3.05) is 21.3 Å². The minimum Gasteiger partial charge on any atom is -0.492 e. The van der Waals surface area contributed by atoms with Gasteiger partial charge in [0.2, 0.25) is 10.1 Å². The first-order valence-corrected chi connectivity index (χ1v) is 7.12. The standard InChI is InChI=1S/C12H14Br2O6/c1-11(9(16)19-3)5-6(13)7(18-2)8(15)12(11,14)10(17)20-4/h5H2,1-4H3/t11-,12+/m1/s1. The Morgan fingerprint density at radius 2 is 1.65 bits per heavy atom. The van der Waals surface area contributed by atoms with Crippen molar-refractivity contribution in [3.8, 4) is 0 Å². The number of ether oxygens (including phenoxy) is 3. The van der Waals surface area contributed by atoms with E-state index in [0.29, 0.717) is 4.48 Å². The van der Waals surface area contributed by atoms with Crippen LogP contribution in [0.4, 0.5) is 0 Å². The van der Waals surface area contributed by atoms with Crippen molar-refractivity contribution in [2.24, 2.45) is 5.41 Å². The second kappa shape index (κ2) is 5.85. The van der Waals surface area contributed by atoms with Gasteiger partial charge in [-0.2, -0.15) is 0 Å². The van der Waals surface area contributed by atoms with Crippen molar-refractivity contribution < 1.29 is 28.6 Å². The zero-order valence-corrected chi connectivity index (χ0v) is 14.6. The molecular formula is C12H14Br2O6. The lowest BCUT2D eigenvalue weighted by Gasteiger charge is -2.42. The van der Waals surface area contributed by atoms with Crippen molar-refractivity contribution in [3.63, 3.8) is 0 Å². The van der Waals surface area contributed by atoms with E-state index in [1.807, 2.05) is 0 Å². The highest BCUT2D eigenvalue weighted by Crippen LogP contribution is 2.52. The van der Waals surface area contributed by atoms with Crippen LogP contribution in [0, 0.1) is 5.41 Å². The number of hydrogen-bond donors (Lipinski definition) is 0. The average Bonchev–Trinajstić information content (AvgIpc) is 2.43. The smallest absolute Gasteiger partial charge is 0.332 e. The van der Waals surface area contributed by atoms with Crippen LogP contribution in [0.5, 0.6) is 0 Å². The summed E-state index contributed by atoms with van der Waals surface area (Å²) in [5.41, 5.74) is -1.47. The Balaban J connectivity index is 3.59. The van der Waals surface area contributed by atoms with Gasteiger partial charge >= 0.3 is 11.9 Å². The largest absolute Gasteiger partial charge is 0.492 e. The van der Waals surface area contributed by atoms with Gasteiger partial charge in [0, 0.05) is 10.9 Å². The van der Waals surface area contributed by atoms with E-state index in [2.05, 4.69) is 36.6 Å². The molecule has 0 spiro atoms. The van der Waals surface area contributed by atoms with Crippen LogP contribution in [-0.2, 0) is 28.6 Å². The van der Waals surface area contributed by atoms with Crippen molar-refractivity contribution >= 4 is 49.6 Å². The van der Waals surface area contributed by atoms with Crippen molar-refractivity contribution in [1.82, 2.24) is 0 Å². The summed E-state index contributed by atoms with van der Waals surface area (Å²) in [5, 5.41) is 0. The maximum absolute atomic E-state index is 12.6. The molecule has 0 unspecified atom stereocenters. The summed E-state index contributed by atoms with van der Waals surface area (Å²) in [4.78, 5) is 36.8. The van der Waals surface area contributed by atoms with Gasteiger partial charge in [-0.15, -0.1) is 0 Å². The summed E-state index contributed by atoms with van der Waals surface area (Å²) in [5.74, 6) is -2.32. The molecule has 0 aromatic carbocycles. The molecule has 1 aliphatic carbocycles. The highest BCUT2D eigenvalue weighted by molar-refractivity contribution is 9.12. The van der Waals surface area contributed by atoms with Gasteiger partial charge in [-0.25, -0.2) is 0 Å². The number of ketones is 1. The topological polar surface area (TPSA) is 78.9 Å². The zero-order chi connectivity index (χ0) is 15.7. The van der Waals surface area contributed by atoms with Gasteiger partial charge in [0.05, 0.1) is 21.3 Å². The van der Waals surface area contributed by atoms with E-state index in [9.17, 15) is 14.4 Å². The quantitative estimate of drug-likeness (QED) is 0.398. The third-order valence-electron chi connectivity index (χ3n) is 3.34. The van der Waals surface area contributed by atoms with E-state index >= 15 is 0 Å². The Hall–Kier alpha value is -0.890. The van der Waals surface area contributed by atoms with Crippen molar-refractivity contribution in [2.45, 2.75) is 17.7 Å². The lowest BCUT2D eigenvalue weighted by atomic mass is 9.68. The predicted molar refractivity (Wildman–Crippen MR) is 76.4 cm³/mol. The number of hydrogen-bond acceptors (Lipinski definition) is 6. The normalized spacial score (nSPS) is 30.0. The first kappa shape index (κ1) is 17.2. The molecule has 0 bridgehead atoms. The fourth-order valence-corrected chi connectivity index (χ4v) is 3.69. The Labute approximate surface area is 133 Å². The van der Waals surface area contributed by atoms with E-state index < -0.39 is 27.5 Å². The minimum atomic E-state index is -1.90. The molecule has 0 aliphatic heterocycles. The molecule has 0 saturated carbocycles. The summed E-state index contributed by atoms with van der Waals surface area (Å²) in [6.45, 7) is 1.45. The van der Waals surface area contributed by atoms with E-state index in [-0.39, 0.29) is 12.2 Å². The number of methoxy groups -OCH3 is 3. The SMILES string of the molecule is COC(=O)[C@@]1(Br)C(=O)C(OC)=C(Br)C[C@]1(C)C(=O)OC. The highest BCUT2D eigenvalue weighted by atomic mass is 79.9. The number of esters is 2. The van der Waals surface area contributed by atoms with Gasteiger partial charge < -0.3 is 14.2 Å². The fourth-order valence-electron chi connectivity index (χ4n) is 2.14. The summed E-state index contributed by atoms with van der Waals surface area (Å²) in [7, 11) is 3.63. The van der Waals surface area contributed by atoms with Gasteiger partial charge in [0.1, 0.15) is 5.41 Å². The van der Waals surface area contributed by atoms with Gasteiger partial charge in [0.15, 0.2) is 5.76 Å². The molecule has 0 heterocycles. The van der Waals surface area contributed by atoms with E-state index in [1.54, 1.807) is 0 Å². The molecule has 20 heavy (non-hydrogen) atoms. The summed E-state index contributed by atoms with van der Waals surface area (Å²) in [6, 6.07) is 0. The summed E-state index contributed by atoms with van der Waals surface area (Å²) in [6.07, 6.45) is 0.0505. The number of halogens is 2. The van der Waals surface area contributed by atoms with Crippen LogP contribution in [0.15, 0.2) is 10.2 Å². The zero-order valence-electron chi connectivity index (χ0n) is 11.4. The summed E-state index contributed by atoms with van der Waals surface area (Å²) < 4.78 is 12.9. The van der Waals surface area contributed by atoms with E-state index in [0.717, 1.165) is 7.11 Å². The molecule has 0 N–H and O–H groups in total. The second-order valence-corrected chi connectivity index (χ2v) is 6.56. The van der Waals surface area contributed by atoms with Crippen molar-refractivity contribution in [1.29, 1.82) is 0 Å². The molecular weight excluding hydrogens is 400 g/mol. The first-order chi connectivity index (χ1) is 9.20. The Morgan fingerprint density at radius 3 is 2.05 bits per heavy atom. The molecule has 0 fully saturated rings. The highest BCUT2D eigenvalue weighted by Gasteiger charge is 2.66. The van der Waals surface area contributed by atoms with Crippen LogP contribution in [-0.4, -0.2) is 43.4 Å². The Morgan fingerprint density at radius 1 is 1.15 bits per heavy atom. The number of alkyl halides is 1. The monoisotopic (exact) mass is 412 g/mol. The molecule has 6 nitrogen and oxygen atoms in total. The van der Waals surface area contributed by atoms with E-state index in [4.69, 9.17) is 9.47 Å². The third kappa shape index (κ3) is 2.18. The number of allylic oxidation sites excluding steroid dienone is 2. The molecule has 8 heteroatoms. The van der Waals surface area contributed by atoms with Gasteiger partial charge in [-0.1, -0.05) is 31.9 Å². The molecule has 1 rings (SSSR count). The number of Topliss-reactive ketones (excluding diaryl/α,β-unsaturated/α-hetero) is 1. The molecule has 0 saturated heterocycles. The predicted octanol–water partition coefficient (Wildman–Crippen LogP) is 1.70. The van der Waals surface area contributed by atoms with Gasteiger partial charge in [-0.3, -0.25) is 14.4 Å². The maximum Gasteiger partial charge on any atom is 0.332 e. The van der Waals surface area contributed by atoms with E-state index in [1.165, 1.54) is 21.1 Å². The molecule has 0 amide bonds. The number of rotatable bonds is 3. The van der Waals surface area contributed by atoms with Crippen LogP contribution >= 0.6 is 31.9 Å². The molecule has 0 radical (unpaired) electrons. The first-order valence-electron chi connectivity index (χ1n) is 5.53.